The Morgan fingerprint density at radius 2 is 1.93 bits per heavy atom. The molecular weight excluding hydrogens is 395 g/mol. The third-order valence-electron chi connectivity index (χ3n) is 5.15. The standard InChI is InChI=1S/C21H25FN2O4S/c1-2-14-29(27,28)24-13-3-4-20(24)19-12-10-17(21(25)26)18(23-19)11-7-15-5-8-16(22)9-6-15/h5-6,8-10,12,20H,2-4,7,11,13-14H2,1H3,(H,25,26)/t20-/m0/s1. The monoisotopic (exact) mass is 420 g/mol. The van der Waals surface area contributed by atoms with Crippen LogP contribution in [0.1, 0.15) is 59.5 Å². The van der Waals surface area contributed by atoms with E-state index in [-0.39, 0.29) is 23.2 Å². The first kappa shape index (κ1) is 21.4. The summed E-state index contributed by atoms with van der Waals surface area (Å²) in [6, 6.07) is 8.83. The summed E-state index contributed by atoms with van der Waals surface area (Å²) in [6.45, 7) is 2.29. The number of aromatic nitrogens is 1. The van der Waals surface area contributed by atoms with Gasteiger partial charge in [-0.15, -0.1) is 0 Å². The minimum absolute atomic E-state index is 0.0914. The van der Waals surface area contributed by atoms with Gasteiger partial charge >= 0.3 is 5.97 Å². The molecule has 1 aliphatic rings. The van der Waals surface area contributed by atoms with Crippen LogP contribution in [0.25, 0.3) is 0 Å². The lowest BCUT2D eigenvalue weighted by atomic mass is 10.0. The minimum Gasteiger partial charge on any atom is -0.478 e. The highest BCUT2D eigenvalue weighted by atomic mass is 32.2. The molecule has 2 heterocycles. The number of nitrogens with zero attached hydrogens (tertiary/aromatic N) is 2. The molecule has 8 heteroatoms. The Balaban J connectivity index is 1.87. The molecule has 1 aromatic heterocycles. The van der Waals surface area contributed by atoms with Gasteiger partial charge in [-0.1, -0.05) is 19.1 Å². The Labute approximate surface area is 170 Å². The largest absolute Gasteiger partial charge is 0.478 e. The van der Waals surface area contributed by atoms with Crippen LogP contribution in [0.4, 0.5) is 4.39 Å². The maximum Gasteiger partial charge on any atom is 0.337 e. The number of aromatic carboxylic acids is 1. The van der Waals surface area contributed by atoms with E-state index >= 15 is 0 Å². The Morgan fingerprint density at radius 3 is 2.59 bits per heavy atom. The quantitative estimate of drug-likeness (QED) is 0.705. The number of hydrogen-bond acceptors (Lipinski definition) is 4. The van der Waals surface area contributed by atoms with Crippen LogP contribution in [0.3, 0.4) is 0 Å². The van der Waals surface area contributed by atoms with Gasteiger partial charge in [0.05, 0.1) is 28.7 Å². The number of carbonyl (C=O) groups is 1. The van der Waals surface area contributed by atoms with Crippen molar-refractivity contribution in [3.05, 3.63) is 64.7 Å². The summed E-state index contributed by atoms with van der Waals surface area (Å²) >= 11 is 0. The van der Waals surface area contributed by atoms with E-state index < -0.39 is 16.0 Å². The number of carboxylic acid groups (broad SMARTS) is 1. The topological polar surface area (TPSA) is 87.6 Å². The molecule has 0 bridgehead atoms. The second-order valence-electron chi connectivity index (χ2n) is 7.25. The zero-order valence-corrected chi connectivity index (χ0v) is 17.2. The molecule has 29 heavy (non-hydrogen) atoms. The highest BCUT2D eigenvalue weighted by Gasteiger charge is 2.35. The van der Waals surface area contributed by atoms with E-state index in [9.17, 15) is 22.7 Å². The summed E-state index contributed by atoms with van der Waals surface area (Å²) < 4.78 is 39.8. The van der Waals surface area contributed by atoms with Gasteiger partial charge in [0.2, 0.25) is 10.0 Å². The number of carboxylic acids is 1. The number of aryl methyl sites for hydroxylation is 2. The predicted octanol–water partition coefficient (Wildman–Crippen LogP) is 3.58. The number of benzene rings is 1. The highest BCUT2D eigenvalue weighted by molar-refractivity contribution is 7.89. The van der Waals surface area contributed by atoms with Gasteiger partial charge < -0.3 is 5.11 Å². The van der Waals surface area contributed by atoms with Gasteiger partial charge in [0.1, 0.15) is 5.82 Å². The smallest absolute Gasteiger partial charge is 0.337 e. The third-order valence-corrected chi connectivity index (χ3v) is 7.23. The van der Waals surface area contributed by atoms with Gasteiger partial charge in [0.15, 0.2) is 0 Å². The summed E-state index contributed by atoms with van der Waals surface area (Å²) in [5.74, 6) is -1.30. The van der Waals surface area contributed by atoms with E-state index in [0.717, 1.165) is 12.0 Å². The second-order valence-corrected chi connectivity index (χ2v) is 9.29. The van der Waals surface area contributed by atoms with Crippen molar-refractivity contribution in [2.45, 2.75) is 45.1 Å². The summed E-state index contributed by atoms with van der Waals surface area (Å²) in [5, 5.41) is 9.51. The third kappa shape index (κ3) is 5.00. The molecule has 6 nitrogen and oxygen atoms in total. The Bertz CT molecular complexity index is 977. The van der Waals surface area contributed by atoms with Crippen molar-refractivity contribution >= 4 is 16.0 Å². The average molecular weight is 421 g/mol. The first-order valence-corrected chi connectivity index (χ1v) is 11.4. The molecule has 3 rings (SSSR count). The van der Waals surface area contributed by atoms with Crippen LogP contribution in [-0.2, 0) is 22.9 Å². The van der Waals surface area contributed by atoms with Crippen molar-refractivity contribution in [3.8, 4) is 0 Å². The lowest BCUT2D eigenvalue weighted by molar-refractivity contribution is 0.0695. The van der Waals surface area contributed by atoms with Crippen LogP contribution < -0.4 is 0 Å². The van der Waals surface area contributed by atoms with Crippen molar-refractivity contribution in [3.63, 3.8) is 0 Å². The van der Waals surface area contributed by atoms with Gasteiger partial charge in [-0.05, 0) is 61.9 Å². The zero-order chi connectivity index (χ0) is 21.0. The molecular formula is C21H25FN2O4S. The van der Waals surface area contributed by atoms with Gasteiger partial charge in [0, 0.05) is 6.54 Å². The normalized spacial score (nSPS) is 17.5. The van der Waals surface area contributed by atoms with E-state index in [0.29, 0.717) is 43.6 Å². The molecule has 2 aromatic rings. The second kappa shape index (κ2) is 9.00. The number of hydrogen-bond donors (Lipinski definition) is 1. The Hall–Kier alpha value is -2.32. The summed E-state index contributed by atoms with van der Waals surface area (Å²) in [4.78, 5) is 16.2. The summed E-state index contributed by atoms with van der Waals surface area (Å²) in [6.07, 6.45) is 2.84. The van der Waals surface area contributed by atoms with E-state index in [2.05, 4.69) is 4.98 Å². The maximum atomic E-state index is 13.1. The molecule has 0 spiro atoms. The molecule has 156 valence electrons. The van der Waals surface area contributed by atoms with E-state index in [1.807, 2.05) is 6.92 Å². The van der Waals surface area contributed by atoms with Gasteiger partial charge in [-0.25, -0.2) is 17.6 Å². The van der Waals surface area contributed by atoms with Crippen molar-refractivity contribution in [2.24, 2.45) is 0 Å². The predicted molar refractivity (Wildman–Crippen MR) is 108 cm³/mol. The van der Waals surface area contributed by atoms with Crippen molar-refractivity contribution in [1.82, 2.24) is 9.29 Å². The molecule has 0 unspecified atom stereocenters. The first-order chi connectivity index (χ1) is 13.8. The fraction of sp³-hybridized carbons (Fsp3) is 0.429. The maximum absolute atomic E-state index is 13.1. The Morgan fingerprint density at radius 1 is 1.21 bits per heavy atom. The van der Waals surface area contributed by atoms with Crippen LogP contribution in [0.2, 0.25) is 0 Å². The molecule has 1 saturated heterocycles. The molecule has 0 saturated carbocycles. The van der Waals surface area contributed by atoms with Crippen molar-refractivity contribution < 1.29 is 22.7 Å². The Kier molecular flexibility index (Phi) is 6.64. The molecule has 1 atom stereocenters. The number of halogens is 1. The first-order valence-electron chi connectivity index (χ1n) is 9.79. The van der Waals surface area contributed by atoms with Crippen molar-refractivity contribution in [1.29, 1.82) is 0 Å². The van der Waals surface area contributed by atoms with Crippen LogP contribution in [0.5, 0.6) is 0 Å². The van der Waals surface area contributed by atoms with Gasteiger partial charge in [-0.2, -0.15) is 4.31 Å². The molecule has 0 amide bonds. The lowest BCUT2D eigenvalue weighted by Gasteiger charge is -2.24. The highest BCUT2D eigenvalue weighted by Crippen LogP contribution is 2.34. The van der Waals surface area contributed by atoms with E-state index in [4.69, 9.17) is 0 Å². The molecule has 0 radical (unpaired) electrons. The van der Waals surface area contributed by atoms with E-state index in [1.165, 1.54) is 22.5 Å². The molecule has 1 aromatic carbocycles. The van der Waals surface area contributed by atoms with Crippen LogP contribution in [0, 0.1) is 5.82 Å². The number of rotatable bonds is 8. The van der Waals surface area contributed by atoms with Gasteiger partial charge in [0.25, 0.3) is 0 Å². The minimum atomic E-state index is -3.36. The molecule has 1 aliphatic heterocycles. The van der Waals surface area contributed by atoms with Crippen LogP contribution in [-0.4, -0.2) is 41.1 Å². The zero-order valence-electron chi connectivity index (χ0n) is 16.3. The summed E-state index contributed by atoms with van der Waals surface area (Å²) in [7, 11) is -3.36. The SMILES string of the molecule is CCCS(=O)(=O)N1CCC[C@H]1c1ccc(C(=O)O)c(CCc2ccc(F)cc2)n1. The van der Waals surface area contributed by atoms with Gasteiger partial charge in [-0.3, -0.25) is 4.98 Å². The summed E-state index contributed by atoms with van der Waals surface area (Å²) in [5.41, 5.74) is 1.99. The molecule has 0 aliphatic carbocycles. The number of pyridine rings is 1. The van der Waals surface area contributed by atoms with Crippen LogP contribution in [0.15, 0.2) is 36.4 Å². The fourth-order valence-electron chi connectivity index (χ4n) is 3.75. The molecule has 1 N–H and O–H groups in total. The van der Waals surface area contributed by atoms with Crippen LogP contribution >= 0.6 is 0 Å². The fourth-order valence-corrected chi connectivity index (χ4v) is 5.51. The lowest BCUT2D eigenvalue weighted by Crippen LogP contribution is -2.33. The van der Waals surface area contributed by atoms with Crippen molar-refractivity contribution in [2.75, 3.05) is 12.3 Å². The van der Waals surface area contributed by atoms with E-state index in [1.54, 1.807) is 18.2 Å². The number of sulfonamides is 1. The average Bonchev–Trinajstić information content (AvgIpc) is 3.18. The molecule has 1 fully saturated rings.